The minimum Gasteiger partial charge on any atom is -0.360 e. The zero-order chi connectivity index (χ0) is 14.3. The number of fused-ring (bicyclic) bond motifs is 1. The molecule has 1 N–H and O–H groups in total. The molecule has 1 heterocycles. The van der Waals surface area contributed by atoms with Gasteiger partial charge in [-0.25, -0.2) is 4.39 Å². The lowest BCUT2D eigenvalue weighted by Crippen LogP contribution is -2.02. The lowest BCUT2D eigenvalue weighted by Gasteiger charge is -2.03. The van der Waals surface area contributed by atoms with Crippen molar-refractivity contribution in [3.05, 3.63) is 69.6 Å². The first-order chi connectivity index (χ1) is 9.58. The van der Waals surface area contributed by atoms with Crippen molar-refractivity contribution in [3.8, 4) is 0 Å². The zero-order valence-electron chi connectivity index (χ0n) is 10.1. The van der Waals surface area contributed by atoms with Gasteiger partial charge in [-0.1, -0.05) is 29.3 Å². The molecule has 0 spiro atoms. The van der Waals surface area contributed by atoms with Crippen molar-refractivity contribution in [2.75, 3.05) is 0 Å². The standard InChI is InChI=1S/C15H8Cl2FNO/c16-8-4-5-9(11(17)6-8)15(20)10-7-19-13-3-1-2-12(18)14(10)13/h1-7,19H. The van der Waals surface area contributed by atoms with Crippen LogP contribution < -0.4 is 0 Å². The fourth-order valence-electron chi connectivity index (χ4n) is 2.14. The maximum Gasteiger partial charge on any atom is 0.196 e. The Balaban J connectivity index is 2.18. The van der Waals surface area contributed by atoms with Crippen LogP contribution in [0.5, 0.6) is 0 Å². The molecule has 5 heteroatoms. The maximum absolute atomic E-state index is 13.9. The van der Waals surface area contributed by atoms with Crippen LogP contribution in [0.4, 0.5) is 4.39 Å². The van der Waals surface area contributed by atoms with E-state index in [0.29, 0.717) is 16.1 Å². The molecule has 0 amide bonds. The first-order valence-electron chi connectivity index (χ1n) is 5.83. The maximum atomic E-state index is 13.9. The monoisotopic (exact) mass is 307 g/mol. The molecule has 0 bridgehead atoms. The quantitative estimate of drug-likeness (QED) is 0.675. The minimum atomic E-state index is -0.447. The molecule has 0 radical (unpaired) electrons. The number of halogens is 3. The number of hydrogen-bond acceptors (Lipinski definition) is 1. The summed E-state index contributed by atoms with van der Waals surface area (Å²) in [6.07, 6.45) is 1.49. The van der Waals surface area contributed by atoms with Gasteiger partial charge in [0.2, 0.25) is 0 Å². The Labute approximate surface area is 124 Å². The van der Waals surface area contributed by atoms with Crippen LogP contribution in [0, 0.1) is 5.82 Å². The summed E-state index contributed by atoms with van der Waals surface area (Å²) in [5, 5.41) is 0.952. The highest BCUT2D eigenvalue weighted by Gasteiger charge is 2.19. The van der Waals surface area contributed by atoms with E-state index in [1.807, 2.05) is 0 Å². The van der Waals surface area contributed by atoms with Gasteiger partial charge in [0.15, 0.2) is 5.78 Å². The van der Waals surface area contributed by atoms with Gasteiger partial charge in [0.1, 0.15) is 5.82 Å². The minimum absolute atomic E-state index is 0.244. The topological polar surface area (TPSA) is 32.9 Å². The highest BCUT2D eigenvalue weighted by Crippen LogP contribution is 2.28. The second-order valence-corrected chi connectivity index (χ2v) is 5.16. The van der Waals surface area contributed by atoms with E-state index in [-0.39, 0.29) is 21.8 Å². The van der Waals surface area contributed by atoms with Gasteiger partial charge in [-0.3, -0.25) is 4.79 Å². The Kier molecular flexibility index (Phi) is 3.24. The molecular weight excluding hydrogens is 300 g/mol. The fourth-order valence-corrected chi connectivity index (χ4v) is 2.63. The molecule has 0 aliphatic carbocycles. The summed E-state index contributed by atoms with van der Waals surface area (Å²) in [6, 6.07) is 9.20. The van der Waals surface area contributed by atoms with E-state index in [4.69, 9.17) is 23.2 Å². The van der Waals surface area contributed by atoms with Crippen LogP contribution in [0.3, 0.4) is 0 Å². The average molecular weight is 308 g/mol. The number of H-pyrrole nitrogens is 1. The average Bonchev–Trinajstić information content (AvgIpc) is 2.83. The lowest BCUT2D eigenvalue weighted by atomic mass is 10.0. The van der Waals surface area contributed by atoms with Crippen molar-refractivity contribution in [2.45, 2.75) is 0 Å². The smallest absolute Gasteiger partial charge is 0.196 e. The first-order valence-corrected chi connectivity index (χ1v) is 6.59. The van der Waals surface area contributed by atoms with Crippen molar-refractivity contribution in [2.24, 2.45) is 0 Å². The van der Waals surface area contributed by atoms with Crippen molar-refractivity contribution in [1.82, 2.24) is 4.98 Å². The molecule has 0 aliphatic heterocycles. The van der Waals surface area contributed by atoms with E-state index < -0.39 is 5.82 Å². The number of aromatic amines is 1. The molecule has 0 fully saturated rings. The van der Waals surface area contributed by atoms with E-state index in [1.165, 1.54) is 24.4 Å². The Morgan fingerprint density at radius 3 is 2.65 bits per heavy atom. The second-order valence-electron chi connectivity index (χ2n) is 4.32. The van der Waals surface area contributed by atoms with Gasteiger partial charge in [-0.15, -0.1) is 0 Å². The number of aromatic nitrogens is 1. The van der Waals surface area contributed by atoms with Crippen molar-refractivity contribution in [1.29, 1.82) is 0 Å². The summed E-state index contributed by atoms with van der Waals surface area (Å²) < 4.78 is 13.9. The Bertz CT molecular complexity index is 826. The molecule has 0 atom stereocenters. The zero-order valence-corrected chi connectivity index (χ0v) is 11.6. The van der Waals surface area contributed by atoms with Gasteiger partial charge >= 0.3 is 0 Å². The Morgan fingerprint density at radius 1 is 1.10 bits per heavy atom. The van der Waals surface area contributed by atoms with Crippen molar-refractivity contribution < 1.29 is 9.18 Å². The Morgan fingerprint density at radius 2 is 1.90 bits per heavy atom. The number of carbonyl (C=O) groups excluding carboxylic acids is 1. The van der Waals surface area contributed by atoms with E-state index in [1.54, 1.807) is 18.2 Å². The molecule has 1 aromatic heterocycles. The SMILES string of the molecule is O=C(c1ccc(Cl)cc1Cl)c1c[nH]c2cccc(F)c12. The second kappa shape index (κ2) is 4.93. The van der Waals surface area contributed by atoms with Crippen molar-refractivity contribution >= 4 is 39.9 Å². The lowest BCUT2D eigenvalue weighted by molar-refractivity contribution is 0.104. The normalized spacial score (nSPS) is 10.9. The fraction of sp³-hybridized carbons (Fsp3) is 0. The molecular formula is C15H8Cl2FNO. The number of hydrogen-bond donors (Lipinski definition) is 1. The number of ketones is 1. The van der Waals surface area contributed by atoms with Crippen LogP contribution in [0.15, 0.2) is 42.6 Å². The molecule has 3 aromatic rings. The van der Waals surface area contributed by atoms with Crippen LogP contribution in [-0.2, 0) is 0 Å². The van der Waals surface area contributed by atoms with E-state index in [0.717, 1.165) is 0 Å². The molecule has 0 saturated heterocycles. The molecule has 2 nitrogen and oxygen atoms in total. The van der Waals surface area contributed by atoms with Gasteiger partial charge in [0, 0.05) is 27.7 Å². The summed E-state index contributed by atoms with van der Waals surface area (Å²) >= 11 is 11.8. The molecule has 0 saturated carbocycles. The molecule has 20 heavy (non-hydrogen) atoms. The highest BCUT2D eigenvalue weighted by molar-refractivity contribution is 6.38. The van der Waals surface area contributed by atoms with Crippen LogP contribution in [0.1, 0.15) is 15.9 Å². The van der Waals surface area contributed by atoms with Crippen molar-refractivity contribution in [3.63, 3.8) is 0 Å². The number of nitrogens with one attached hydrogen (secondary N) is 1. The number of rotatable bonds is 2. The van der Waals surface area contributed by atoms with Crippen LogP contribution in [-0.4, -0.2) is 10.8 Å². The molecule has 3 rings (SSSR count). The van der Waals surface area contributed by atoms with Gasteiger partial charge < -0.3 is 4.98 Å². The van der Waals surface area contributed by atoms with Crippen LogP contribution in [0.2, 0.25) is 10.0 Å². The number of benzene rings is 2. The largest absolute Gasteiger partial charge is 0.360 e. The van der Waals surface area contributed by atoms with Gasteiger partial charge in [0.05, 0.1) is 10.6 Å². The van der Waals surface area contributed by atoms with Gasteiger partial charge in [-0.2, -0.15) is 0 Å². The summed E-state index contributed by atoms with van der Waals surface area (Å²) in [4.78, 5) is 15.4. The third-order valence-corrected chi connectivity index (χ3v) is 3.62. The summed E-state index contributed by atoms with van der Waals surface area (Å²) in [6.45, 7) is 0. The van der Waals surface area contributed by atoms with Crippen LogP contribution in [0.25, 0.3) is 10.9 Å². The summed E-state index contributed by atoms with van der Waals surface area (Å²) in [7, 11) is 0. The third kappa shape index (κ3) is 2.09. The molecule has 0 aliphatic rings. The number of carbonyl (C=O) groups is 1. The van der Waals surface area contributed by atoms with E-state index in [2.05, 4.69) is 4.98 Å². The molecule has 2 aromatic carbocycles. The summed E-state index contributed by atoms with van der Waals surface area (Å²) in [5.41, 5.74) is 1.11. The summed E-state index contributed by atoms with van der Waals surface area (Å²) in [5.74, 6) is -0.791. The van der Waals surface area contributed by atoms with Gasteiger partial charge in [0.25, 0.3) is 0 Å². The first kappa shape index (κ1) is 13.2. The van der Waals surface area contributed by atoms with E-state index in [9.17, 15) is 9.18 Å². The predicted molar refractivity (Wildman–Crippen MR) is 78.2 cm³/mol. The predicted octanol–water partition coefficient (Wildman–Crippen LogP) is 4.84. The van der Waals surface area contributed by atoms with Crippen LogP contribution >= 0.6 is 23.2 Å². The molecule has 100 valence electrons. The molecule has 0 unspecified atom stereocenters. The van der Waals surface area contributed by atoms with Gasteiger partial charge in [-0.05, 0) is 30.3 Å². The van der Waals surface area contributed by atoms with E-state index >= 15 is 0 Å². The highest BCUT2D eigenvalue weighted by atomic mass is 35.5. The third-order valence-electron chi connectivity index (χ3n) is 3.08. The Hall–Kier alpha value is -1.84.